The van der Waals surface area contributed by atoms with E-state index in [2.05, 4.69) is 6.92 Å². The quantitative estimate of drug-likeness (QED) is 0.342. The number of unbranched alkanes of at least 4 members (excludes halogenated alkanes) is 2. The van der Waals surface area contributed by atoms with Crippen LogP contribution in [0.2, 0.25) is 0 Å². The summed E-state index contributed by atoms with van der Waals surface area (Å²) in [6.45, 7) is 3.95. The third-order valence-corrected chi connectivity index (χ3v) is 5.38. The Bertz CT molecular complexity index is 588. The smallest absolute Gasteiger partial charge is 0.303 e. The molecule has 0 radical (unpaired) electrons. The van der Waals surface area contributed by atoms with E-state index in [9.17, 15) is 19.5 Å². The third-order valence-electron chi connectivity index (χ3n) is 5.38. The molecule has 1 atom stereocenters. The molecule has 0 heterocycles. The average molecular weight is 379 g/mol. The van der Waals surface area contributed by atoms with Gasteiger partial charge in [0.15, 0.2) is 11.6 Å². The summed E-state index contributed by atoms with van der Waals surface area (Å²) in [6, 6.07) is 0. The van der Waals surface area contributed by atoms with Crippen molar-refractivity contribution in [3.63, 3.8) is 0 Å². The summed E-state index contributed by atoms with van der Waals surface area (Å²) >= 11 is 0. The maximum atomic E-state index is 12.1. The molecule has 0 saturated carbocycles. The highest BCUT2D eigenvalue weighted by Gasteiger charge is 2.26. The molecule has 0 saturated heterocycles. The van der Waals surface area contributed by atoms with Crippen molar-refractivity contribution in [2.24, 2.45) is 0 Å². The fraction of sp³-hybridized carbons (Fsp3) is 0.682. The van der Waals surface area contributed by atoms with Gasteiger partial charge >= 0.3 is 5.97 Å². The summed E-state index contributed by atoms with van der Waals surface area (Å²) < 4.78 is 0. The van der Waals surface area contributed by atoms with E-state index < -0.39 is 11.6 Å². The Morgan fingerprint density at radius 1 is 1.07 bits per heavy atom. The zero-order valence-corrected chi connectivity index (χ0v) is 16.8. The third kappa shape index (κ3) is 8.65. The molecule has 27 heavy (non-hydrogen) atoms. The SMILES string of the molecule is CCCCCC(=O)C=CC1=C(CCCC(O)(CC)CCC(=O)O)CCC1=O. The van der Waals surface area contributed by atoms with Crippen molar-refractivity contribution in [1.82, 2.24) is 0 Å². The predicted octanol–water partition coefficient (Wildman–Crippen LogP) is 4.53. The van der Waals surface area contributed by atoms with Crippen molar-refractivity contribution in [1.29, 1.82) is 0 Å². The van der Waals surface area contributed by atoms with Crippen molar-refractivity contribution in [3.8, 4) is 0 Å². The van der Waals surface area contributed by atoms with Crippen LogP contribution in [0.3, 0.4) is 0 Å². The number of ketones is 2. The maximum Gasteiger partial charge on any atom is 0.303 e. The minimum atomic E-state index is -0.965. The Hall–Kier alpha value is -1.75. The molecule has 0 aliphatic heterocycles. The number of carboxylic acids is 1. The summed E-state index contributed by atoms with van der Waals surface area (Å²) in [7, 11) is 0. The van der Waals surface area contributed by atoms with E-state index in [1.54, 1.807) is 6.08 Å². The maximum absolute atomic E-state index is 12.1. The number of hydrogen-bond acceptors (Lipinski definition) is 4. The Kier molecular flexibility index (Phi) is 10.2. The monoisotopic (exact) mass is 378 g/mol. The molecule has 0 aromatic carbocycles. The van der Waals surface area contributed by atoms with Gasteiger partial charge in [0.25, 0.3) is 0 Å². The molecule has 0 aromatic rings. The number of carboxylic acid groups (broad SMARTS) is 1. The number of hydrogen-bond donors (Lipinski definition) is 2. The van der Waals surface area contributed by atoms with Gasteiger partial charge in [-0.3, -0.25) is 14.4 Å². The van der Waals surface area contributed by atoms with Gasteiger partial charge in [0.1, 0.15) is 0 Å². The second kappa shape index (κ2) is 11.9. The van der Waals surface area contributed by atoms with E-state index in [1.165, 1.54) is 6.08 Å². The molecule has 0 spiro atoms. The number of Topliss-reactive ketones (excluding diaryl/α,β-unsaturated/α-hetero) is 1. The largest absolute Gasteiger partial charge is 0.481 e. The van der Waals surface area contributed by atoms with E-state index in [-0.39, 0.29) is 24.4 Å². The molecule has 2 N–H and O–H groups in total. The number of aliphatic hydroxyl groups is 1. The Morgan fingerprint density at radius 2 is 1.81 bits per heavy atom. The molecule has 5 nitrogen and oxygen atoms in total. The van der Waals surface area contributed by atoms with Gasteiger partial charge in [-0.1, -0.05) is 32.3 Å². The van der Waals surface area contributed by atoms with Crippen molar-refractivity contribution < 1.29 is 24.6 Å². The van der Waals surface area contributed by atoms with Crippen LogP contribution < -0.4 is 0 Å². The lowest BCUT2D eigenvalue weighted by atomic mass is 9.88. The second-order valence-electron chi connectivity index (χ2n) is 7.52. The standard InChI is InChI=1S/C22H34O5/c1-3-5-6-9-18(23)11-12-19-17(10-13-20(19)24)8-7-15-22(27,4-2)16-14-21(25)26/h11-12,27H,3-10,13-16H2,1-2H3,(H,25,26). The lowest BCUT2D eigenvalue weighted by molar-refractivity contribution is -0.138. The molecule has 0 amide bonds. The fourth-order valence-corrected chi connectivity index (χ4v) is 3.46. The summed E-state index contributed by atoms with van der Waals surface area (Å²) in [5, 5.41) is 19.3. The number of aliphatic carboxylic acids is 1. The number of rotatable bonds is 14. The first-order valence-corrected chi connectivity index (χ1v) is 10.2. The highest BCUT2D eigenvalue weighted by atomic mass is 16.4. The highest BCUT2D eigenvalue weighted by molar-refractivity contribution is 6.03. The van der Waals surface area contributed by atoms with E-state index >= 15 is 0 Å². The van der Waals surface area contributed by atoms with Crippen LogP contribution in [0, 0.1) is 0 Å². The zero-order valence-electron chi connectivity index (χ0n) is 16.8. The molecular formula is C22H34O5. The number of allylic oxidation sites excluding steroid dienone is 4. The summed E-state index contributed by atoms with van der Waals surface area (Å²) in [4.78, 5) is 34.8. The van der Waals surface area contributed by atoms with E-state index in [0.29, 0.717) is 50.5 Å². The molecule has 0 aromatic heterocycles. The van der Waals surface area contributed by atoms with Crippen LogP contribution >= 0.6 is 0 Å². The minimum Gasteiger partial charge on any atom is -0.481 e. The second-order valence-corrected chi connectivity index (χ2v) is 7.52. The van der Waals surface area contributed by atoms with E-state index in [1.807, 2.05) is 6.92 Å². The Morgan fingerprint density at radius 3 is 2.44 bits per heavy atom. The van der Waals surface area contributed by atoms with E-state index in [4.69, 9.17) is 5.11 Å². The van der Waals surface area contributed by atoms with Crippen LogP contribution in [0.1, 0.15) is 90.9 Å². The molecule has 0 bridgehead atoms. The number of carbonyl (C=O) groups excluding carboxylic acids is 2. The molecule has 1 rings (SSSR count). The first-order chi connectivity index (χ1) is 12.8. The van der Waals surface area contributed by atoms with Crippen molar-refractivity contribution in [2.75, 3.05) is 0 Å². The van der Waals surface area contributed by atoms with Crippen molar-refractivity contribution >= 4 is 17.5 Å². The predicted molar refractivity (Wildman–Crippen MR) is 106 cm³/mol. The van der Waals surface area contributed by atoms with Gasteiger partial charge in [-0.25, -0.2) is 0 Å². The average Bonchev–Trinajstić information content (AvgIpc) is 2.98. The topological polar surface area (TPSA) is 91.7 Å². The van der Waals surface area contributed by atoms with Crippen LogP contribution in [-0.4, -0.2) is 33.3 Å². The lowest BCUT2D eigenvalue weighted by Crippen LogP contribution is -2.28. The van der Waals surface area contributed by atoms with Gasteiger partial charge in [-0.05, 0) is 57.1 Å². The molecule has 152 valence electrons. The van der Waals surface area contributed by atoms with Crippen LogP contribution in [0.4, 0.5) is 0 Å². The van der Waals surface area contributed by atoms with Crippen LogP contribution in [0.25, 0.3) is 0 Å². The Labute approximate surface area is 162 Å². The molecule has 1 aliphatic rings. The zero-order chi connectivity index (χ0) is 20.3. The Balaban J connectivity index is 2.60. The molecule has 1 unspecified atom stereocenters. The summed E-state index contributed by atoms with van der Waals surface area (Å²) in [5.74, 6) is -0.759. The van der Waals surface area contributed by atoms with Gasteiger partial charge in [-0.15, -0.1) is 0 Å². The van der Waals surface area contributed by atoms with E-state index in [0.717, 1.165) is 24.8 Å². The minimum absolute atomic E-state index is 0.0420. The fourth-order valence-electron chi connectivity index (χ4n) is 3.46. The van der Waals surface area contributed by atoms with Crippen LogP contribution in [0.5, 0.6) is 0 Å². The summed E-state index contributed by atoms with van der Waals surface area (Å²) in [5.41, 5.74) is 0.742. The van der Waals surface area contributed by atoms with Gasteiger partial charge < -0.3 is 10.2 Å². The van der Waals surface area contributed by atoms with Crippen molar-refractivity contribution in [3.05, 3.63) is 23.3 Å². The molecular weight excluding hydrogens is 344 g/mol. The van der Waals surface area contributed by atoms with Gasteiger partial charge in [0, 0.05) is 24.8 Å². The normalized spacial score (nSPS) is 16.9. The van der Waals surface area contributed by atoms with Crippen LogP contribution in [0.15, 0.2) is 23.3 Å². The molecule has 0 fully saturated rings. The first kappa shape index (κ1) is 23.3. The molecule has 5 heteroatoms. The van der Waals surface area contributed by atoms with Crippen molar-refractivity contribution in [2.45, 2.75) is 96.5 Å². The first-order valence-electron chi connectivity index (χ1n) is 10.2. The lowest BCUT2D eigenvalue weighted by Gasteiger charge is -2.26. The molecule has 1 aliphatic carbocycles. The highest BCUT2D eigenvalue weighted by Crippen LogP contribution is 2.31. The van der Waals surface area contributed by atoms with Gasteiger partial charge in [0.2, 0.25) is 0 Å². The number of carbonyl (C=O) groups is 3. The van der Waals surface area contributed by atoms with Gasteiger partial charge in [0.05, 0.1) is 5.60 Å². The van der Waals surface area contributed by atoms with Crippen LogP contribution in [-0.2, 0) is 14.4 Å². The van der Waals surface area contributed by atoms with Gasteiger partial charge in [-0.2, -0.15) is 0 Å². The summed E-state index contributed by atoms with van der Waals surface area (Å²) in [6.07, 6.45) is 10.5.